The van der Waals surface area contributed by atoms with E-state index in [1.807, 2.05) is 0 Å². The maximum atomic E-state index is 12.2. The standard InChI is InChI=1S/C6H10F2N2O2/c7-6(8)3-1-9-2-4(11)5(3)10-12/h3-6,9,11H,1-2H2/t3-,4+,5+/m0/s1. The number of β-amino-alcohol motifs (C(OH)–C–C–N with tert-alkyl or cyclic N) is 1. The third-order valence-electron chi connectivity index (χ3n) is 2.01. The number of hydrogen-bond acceptors (Lipinski definition) is 4. The van der Waals surface area contributed by atoms with E-state index in [0.29, 0.717) is 0 Å². The van der Waals surface area contributed by atoms with Crippen LogP contribution >= 0.6 is 0 Å². The first-order valence-electron chi connectivity index (χ1n) is 3.66. The zero-order valence-corrected chi connectivity index (χ0v) is 6.28. The highest BCUT2D eigenvalue weighted by Crippen LogP contribution is 2.21. The second-order valence-electron chi connectivity index (χ2n) is 2.82. The lowest BCUT2D eigenvalue weighted by molar-refractivity contribution is 0.00349. The van der Waals surface area contributed by atoms with Gasteiger partial charge in [-0.1, -0.05) is 5.18 Å². The van der Waals surface area contributed by atoms with E-state index in [4.69, 9.17) is 5.11 Å². The highest BCUT2D eigenvalue weighted by molar-refractivity contribution is 4.90. The summed E-state index contributed by atoms with van der Waals surface area (Å²) in [5, 5.41) is 14.2. The summed E-state index contributed by atoms with van der Waals surface area (Å²) in [6.45, 7) is 0.185. The van der Waals surface area contributed by atoms with Gasteiger partial charge in [-0.3, -0.25) is 0 Å². The van der Waals surface area contributed by atoms with Crippen LogP contribution in [-0.4, -0.2) is 36.8 Å². The molecule has 6 heteroatoms. The number of alkyl halides is 2. The molecule has 70 valence electrons. The Bertz CT molecular complexity index is 168. The lowest BCUT2D eigenvalue weighted by Gasteiger charge is -2.30. The molecule has 0 amide bonds. The Hall–Kier alpha value is -0.620. The Balaban J connectivity index is 2.63. The van der Waals surface area contributed by atoms with Gasteiger partial charge in [0.25, 0.3) is 0 Å². The van der Waals surface area contributed by atoms with Crippen molar-refractivity contribution in [3.63, 3.8) is 0 Å². The lowest BCUT2D eigenvalue weighted by atomic mass is 9.92. The molecule has 4 nitrogen and oxygen atoms in total. The van der Waals surface area contributed by atoms with E-state index >= 15 is 0 Å². The van der Waals surface area contributed by atoms with Crippen LogP contribution in [0.2, 0.25) is 0 Å². The topological polar surface area (TPSA) is 61.7 Å². The van der Waals surface area contributed by atoms with E-state index in [-0.39, 0.29) is 13.1 Å². The van der Waals surface area contributed by atoms with E-state index in [0.717, 1.165) is 0 Å². The van der Waals surface area contributed by atoms with Gasteiger partial charge in [-0.15, -0.1) is 0 Å². The van der Waals surface area contributed by atoms with E-state index in [1.165, 1.54) is 0 Å². The van der Waals surface area contributed by atoms with Gasteiger partial charge in [0.2, 0.25) is 6.43 Å². The van der Waals surface area contributed by atoms with Crippen molar-refractivity contribution in [2.45, 2.75) is 18.6 Å². The molecule has 0 spiro atoms. The normalized spacial score (nSPS) is 36.8. The molecule has 3 atom stereocenters. The predicted octanol–water partition coefficient (Wildman–Crippen LogP) is -0.0332. The quantitative estimate of drug-likeness (QED) is 0.586. The minimum Gasteiger partial charge on any atom is -0.389 e. The second-order valence-corrected chi connectivity index (χ2v) is 2.82. The van der Waals surface area contributed by atoms with Crippen molar-refractivity contribution < 1.29 is 13.9 Å². The van der Waals surface area contributed by atoms with Crippen LogP contribution in [0.4, 0.5) is 8.78 Å². The van der Waals surface area contributed by atoms with Crippen molar-refractivity contribution in [2.75, 3.05) is 13.1 Å². The van der Waals surface area contributed by atoms with Gasteiger partial charge in [0.15, 0.2) is 0 Å². The Morgan fingerprint density at radius 2 is 2.17 bits per heavy atom. The molecule has 0 saturated carbocycles. The van der Waals surface area contributed by atoms with Gasteiger partial charge in [0.1, 0.15) is 6.04 Å². The lowest BCUT2D eigenvalue weighted by Crippen LogP contribution is -2.51. The van der Waals surface area contributed by atoms with Gasteiger partial charge < -0.3 is 10.4 Å². The molecule has 12 heavy (non-hydrogen) atoms. The zero-order valence-electron chi connectivity index (χ0n) is 6.28. The molecule has 0 aromatic heterocycles. The first-order chi connectivity index (χ1) is 5.66. The number of hydrogen-bond donors (Lipinski definition) is 2. The Morgan fingerprint density at radius 3 is 2.58 bits per heavy atom. The summed E-state index contributed by atoms with van der Waals surface area (Å²) in [6.07, 6.45) is -3.70. The number of nitroso groups, excluding NO2 is 1. The number of nitrogens with zero attached hydrogens (tertiary/aromatic N) is 1. The molecule has 1 aliphatic heterocycles. The summed E-state index contributed by atoms with van der Waals surface area (Å²) in [5.41, 5.74) is 0. The maximum absolute atomic E-state index is 12.2. The van der Waals surface area contributed by atoms with Crippen molar-refractivity contribution in [2.24, 2.45) is 11.1 Å². The van der Waals surface area contributed by atoms with Crippen LogP contribution in [0.5, 0.6) is 0 Å². The van der Waals surface area contributed by atoms with Crippen LogP contribution in [0.25, 0.3) is 0 Å². The second kappa shape index (κ2) is 3.86. The summed E-state index contributed by atoms with van der Waals surface area (Å²) in [7, 11) is 0. The number of aliphatic hydroxyl groups excluding tert-OH is 1. The minimum absolute atomic E-state index is 0.0329. The fraction of sp³-hybridized carbons (Fsp3) is 1.00. The largest absolute Gasteiger partial charge is 0.389 e. The molecule has 0 radical (unpaired) electrons. The van der Waals surface area contributed by atoms with Gasteiger partial charge in [-0.05, 0) is 0 Å². The monoisotopic (exact) mass is 180 g/mol. The number of rotatable bonds is 2. The molecule has 1 fully saturated rings. The molecular formula is C6H10F2N2O2. The minimum atomic E-state index is -2.62. The Labute approximate surface area is 67.9 Å². The molecule has 1 saturated heterocycles. The molecular weight excluding hydrogens is 170 g/mol. The van der Waals surface area contributed by atoms with Crippen LogP contribution in [0, 0.1) is 10.8 Å². The van der Waals surface area contributed by atoms with E-state index in [2.05, 4.69) is 10.5 Å². The smallest absolute Gasteiger partial charge is 0.244 e. The van der Waals surface area contributed by atoms with Crippen LogP contribution in [-0.2, 0) is 0 Å². The molecule has 0 bridgehead atoms. The van der Waals surface area contributed by atoms with Crippen LogP contribution in [0.3, 0.4) is 0 Å². The van der Waals surface area contributed by atoms with E-state index < -0.39 is 24.5 Å². The fourth-order valence-electron chi connectivity index (χ4n) is 1.31. The van der Waals surface area contributed by atoms with E-state index in [1.54, 1.807) is 0 Å². The van der Waals surface area contributed by atoms with Crippen molar-refractivity contribution in [1.82, 2.24) is 5.32 Å². The molecule has 2 N–H and O–H groups in total. The molecule has 1 aliphatic rings. The highest BCUT2D eigenvalue weighted by Gasteiger charge is 2.38. The predicted molar refractivity (Wildman–Crippen MR) is 38.0 cm³/mol. The van der Waals surface area contributed by atoms with Gasteiger partial charge in [0, 0.05) is 13.1 Å². The summed E-state index contributed by atoms with van der Waals surface area (Å²) >= 11 is 0. The first kappa shape index (κ1) is 9.47. The number of nitrogens with one attached hydrogen (secondary N) is 1. The van der Waals surface area contributed by atoms with Crippen molar-refractivity contribution in [3.8, 4) is 0 Å². The average molecular weight is 180 g/mol. The summed E-state index contributed by atoms with van der Waals surface area (Å²) in [6, 6.07) is -1.17. The van der Waals surface area contributed by atoms with Crippen molar-refractivity contribution >= 4 is 0 Å². The van der Waals surface area contributed by atoms with Crippen LogP contribution in [0.1, 0.15) is 0 Å². The third-order valence-corrected chi connectivity index (χ3v) is 2.01. The maximum Gasteiger partial charge on any atom is 0.244 e. The molecule has 0 aliphatic carbocycles. The molecule has 0 aromatic carbocycles. The van der Waals surface area contributed by atoms with Gasteiger partial charge in [0.05, 0.1) is 12.0 Å². The SMILES string of the molecule is O=N[C@H]1[C@H](O)CNC[C@@H]1C(F)F. The molecule has 1 rings (SSSR count). The Morgan fingerprint density at radius 1 is 1.50 bits per heavy atom. The molecule has 0 unspecified atom stereocenters. The average Bonchev–Trinajstić information content (AvgIpc) is 2.03. The molecule has 0 aromatic rings. The van der Waals surface area contributed by atoms with Crippen LogP contribution in [0.15, 0.2) is 5.18 Å². The summed E-state index contributed by atoms with van der Waals surface area (Å²) in [4.78, 5) is 10.1. The highest BCUT2D eigenvalue weighted by atomic mass is 19.3. The summed E-state index contributed by atoms with van der Waals surface area (Å²) < 4.78 is 24.4. The van der Waals surface area contributed by atoms with Gasteiger partial charge in [-0.2, -0.15) is 4.91 Å². The Kier molecular flexibility index (Phi) is 3.05. The zero-order chi connectivity index (χ0) is 9.14. The van der Waals surface area contributed by atoms with E-state index in [9.17, 15) is 13.7 Å². The van der Waals surface area contributed by atoms with Crippen LogP contribution < -0.4 is 5.32 Å². The number of aliphatic hydroxyl groups is 1. The third kappa shape index (κ3) is 1.75. The first-order valence-corrected chi connectivity index (χ1v) is 3.66. The van der Waals surface area contributed by atoms with Gasteiger partial charge >= 0.3 is 0 Å². The molecule has 1 heterocycles. The van der Waals surface area contributed by atoms with Crippen molar-refractivity contribution in [3.05, 3.63) is 4.91 Å². The van der Waals surface area contributed by atoms with Crippen molar-refractivity contribution in [1.29, 1.82) is 0 Å². The van der Waals surface area contributed by atoms with Gasteiger partial charge in [-0.25, -0.2) is 8.78 Å². The number of piperidine rings is 1. The summed E-state index contributed by atoms with van der Waals surface area (Å²) in [5.74, 6) is -1.16. The number of halogens is 2. The fourth-order valence-corrected chi connectivity index (χ4v) is 1.31.